The van der Waals surface area contributed by atoms with Crippen molar-refractivity contribution < 1.29 is 13.7 Å². The molecule has 1 aliphatic rings. The molecule has 2 aromatic heterocycles. The number of carbonyl (C=O) groups is 1. The summed E-state index contributed by atoms with van der Waals surface area (Å²) in [6, 6.07) is 5.70. The highest BCUT2D eigenvalue weighted by atomic mass is 32.1. The van der Waals surface area contributed by atoms with Gasteiger partial charge in [0.25, 0.3) is 0 Å². The lowest BCUT2D eigenvalue weighted by atomic mass is 9.98. The van der Waals surface area contributed by atoms with Crippen molar-refractivity contribution in [1.82, 2.24) is 25.2 Å². The molecule has 10 heteroatoms. The molecule has 1 atom stereocenters. The zero-order valence-electron chi connectivity index (χ0n) is 13.6. The lowest BCUT2D eigenvalue weighted by molar-refractivity contribution is 0.184. The Labute approximate surface area is 152 Å². The molecule has 0 bridgehead atoms. The van der Waals surface area contributed by atoms with Crippen molar-refractivity contribution in [3.63, 3.8) is 0 Å². The van der Waals surface area contributed by atoms with E-state index in [2.05, 4.69) is 25.7 Å². The van der Waals surface area contributed by atoms with Crippen LogP contribution in [0.15, 0.2) is 34.3 Å². The number of nitrogens with one attached hydrogen (secondary N) is 1. The summed E-state index contributed by atoms with van der Waals surface area (Å²) in [6.07, 6.45) is 1.69. The van der Waals surface area contributed by atoms with Gasteiger partial charge in [0, 0.05) is 18.7 Å². The molecule has 0 saturated carbocycles. The smallest absolute Gasteiger partial charge is 0.323 e. The minimum Gasteiger partial charge on any atom is -0.339 e. The summed E-state index contributed by atoms with van der Waals surface area (Å²) >= 11 is 1.27. The molecule has 3 heterocycles. The van der Waals surface area contributed by atoms with Gasteiger partial charge in [-0.15, -0.1) is 10.2 Å². The Kier molecular flexibility index (Phi) is 4.57. The number of piperidine rings is 1. The van der Waals surface area contributed by atoms with Crippen LogP contribution in [0.4, 0.5) is 14.3 Å². The van der Waals surface area contributed by atoms with E-state index in [9.17, 15) is 9.18 Å². The Bertz CT molecular complexity index is 883. The Hall–Kier alpha value is -2.88. The van der Waals surface area contributed by atoms with E-state index in [1.165, 1.54) is 23.5 Å². The highest BCUT2D eigenvalue weighted by molar-refractivity contribution is 7.13. The molecule has 1 fully saturated rings. The predicted octanol–water partition coefficient (Wildman–Crippen LogP) is 3.14. The number of hydrogen-bond acceptors (Lipinski definition) is 7. The van der Waals surface area contributed by atoms with Gasteiger partial charge in [0.05, 0.1) is 5.92 Å². The van der Waals surface area contributed by atoms with E-state index in [-0.39, 0.29) is 17.8 Å². The topological polar surface area (TPSA) is 97.0 Å². The van der Waals surface area contributed by atoms with E-state index in [0.29, 0.717) is 35.5 Å². The van der Waals surface area contributed by atoms with Crippen LogP contribution in [0.1, 0.15) is 24.7 Å². The number of rotatable bonds is 3. The third-order valence-electron chi connectivity index (χ3n) is 4.18. The number of amides is 2. The first-order chi connectivity index (χ1) is 12.7. The third-order valence-corrected chi connectivity index (χ3v) is 4.78. The molecule has 1 saturated heterocycles. The van der Waals surface area contributed by atoms with E-state index >= 15 is 0 Å². The van der Waals surface area contributed by atoms with E-state index in [1.807, 2.05) is 0 Å². The summed E-state index contributed by atoms with van der Waals surface area (Å²) in [5.74, 6) is 0.542. The Morgan fingerprint density at radius 3 is 2.96 bits per heavy atom. The first-order valence-electron chi connectivity index (χ1n) is 8.10. The molecule has 0 unspecified atom stereocenters. The standard InChI is InChI=1S/C16H15FN6O2S/c17-12-5-3-10(4-6-12)13-19-14(25-22-13)11-2-1-7-23(8-11)16(24)20-15-21-18-9-26-15/h3-6,9,11H,1-2,7-8H2,(H,20,21,24)/t11-/m1/s1. The number of urea groups is 1. The number of halogens is 1. The maximum atomic E-state index is 13.0. The van der Waals surface area contributed by atoms with E-state index < -0.39 is 0 Å². The number of anilines is 1. The zero-order chi connectivity index (χ0) is 17.9. The molecule has 1 aromatic carbocycles. The molecular formula is C16H15FN6O2S. The van der Waals surface area contributed by atoms with Gasteiger partial charge < -0.3 is 9.42 Å². The Morgan fingerprint density at radius 2 is 2.19 bits per heavy atom. The zero-order valence-corrected chi connectivity index (χ0v) is 14.4. The van der Waals surface area contributed by atoms with Crippen molar-refractivity contribution in [3.8, 4) is 11.4 Å². The van der Waals surface area contributed by atoms with Gasteiger partial charge in [0.2, 0.25) is 16.8 Å². The molecule has 4 rings (SSSR count). The fourth-order valence-corrected chi connectivity index (χ4v) is 3.31. The molecule has 26 heavy (non-hydrogen) atoms. The van der Waals surface area contributed by atoms with Crippen molar-refractivity contribution in [2.75, 3.05) is 18.4 Å². The first-order valence-corrected chi connectivity index (χ1v) is 8.98. The Morgan fingerprint density at radius 1 is 1.35 bits per heavy atom. The van der Waals surface area contributed by atoms with Crippen LogP contribution in [0.5, 0.6) is 0 Å². The highest BCUT2D eigenvalue weighted by Crippen LogP contribution is 2.28. The van der Waals surface area contributed by atoms with Crippen LogP contribution >= 0.6 is 11.3 Å². The van der Waals surface area contributed by atoms with Crippen molar-refractivity contribution in [2.24, 2.45) is 0 Å². The van der Waals surface area contributed by atoms with Crippen LogP contribution < -0.4 is 5.32 Å². The van der Waals surface area contributed by atoms with Crippen molar-refractivity contribution in [1.29, 1.82) is 0 Å². The molecule has 2 amide bonds. The lowest BCUT2D eigenvalue weighted by Gasteiger charge is -2.30. The monoisotopic (exact) mass is 374 g/mol. The van der Waals surface area contributed by atoms with Gasteiger partial charge in [-0.1, -0.05) is 16.5 Å². The van der Waals surface area contributed by atoms with Crippen molar-refractivity contribution >= 4 is 22.5 Å². The van der Waals surface area contributed by atoms with Gasteiger partial charge in [-0.05, 0) is 37.1 Å². The van der Waals surface area contributed by atoms with Gasteiger partial charge >= 0.3 is 6.03 Å². The largest absolute Gasteiger partial charge is 0.339 e. The van der Waals surface area contributed by atoms with Gasteiger partial charge in [0.15, 0.2) is 0 Å². The number of benzene rings is 1. The summed E-state index contributed by atoms with van der Waals surface area (Å²) in [6.45, 7) is 1.13. The minimum atomic E-state index is -0.318. The normalized spacial score (nSPS) is 17.3. The molecule has 3 aromatic rings. The van der Waals surface area contributed by atoms with Crippen molar-refractivity contribution in [3.05, 3.63) is 41.5 Å². The van der Waals surface area contributed by atoms with Gasteiger partial charge in [-0.3, -0.25) is 5.32 Å². The maximum Gasteiger partial charge on any atom is 0.323 e. The molecule has 0 radical (unpaired) electrons. The quantitative estimate of drug-likeness (QED) is 0.756. The van der Waals surface area contributed by atoms with Gasteiger partial charge in [-0.2, -0.15) is 4.98 Å². The second-order valence-electron chi connectivity index (χ2n) is 5.92. The van der Waals surface area contributed by atoms with Crippen LogP contribution in [0.2, 0.25) is 0 Å². The van der Waals surface area contributed by atoms with Gasteiger partial charge in [-0.25, -0.2) is 9.18 Å². The predicted molar refractivity (Wildman–Crippen MR) is 92.2 cm³/mol. The van der Waals surface area contributed by atoms with Crippen LogP contribution in [-0.4, -0.2) is 44.4 Å². The van der Waals surface area contributed by atoms with Crippen LogP contribution in [-0.2, 0) is 0 Å². The van der Waals surface area contributed by atoms with E-state index in [1.54, 1.807) is 22.5 Å². The summed E-state index contributed by atoms with van der Waals surface area (Å²) in [5.41, 5.74) is 2.24. The molecule has 0 aliphatic carbocycles. The van der Waals surface area contributed by atoms with E-state index in [4.69, 9.17) is 4.52 Å². The molecule has 134 valence electrons. The third kappa shape index (κ3) is 3.54. The number of nitrogens with zero attached hydrogens (tertiary/aromatic N) is 5. The molecule has 1 N–H and O–H groups in total. The summed E-state index contributed by atoms with van der Waals surface area (Å²) in [4.78, 5) is 18.5. The van der Waals surface area contributed by atoms with E-state index in [0.717, 1.165) is 12.8 Å². The number of hydrogen-bond donors (Lipinski definition) is 1. The lowest BCUT2D eigenvalue weighted by Crippen LogP contribution is -2.41. The minimum absolute atomic E-state index is 0.0365. The maximum absolute atomic E-state index is 13.0. The van der Waals surface area contributed by atoms with Gasteiger partial charge in [0.1, 0.15) is 11.3 Å². The second kappa shape index (κ2) is 7.16. The summed E-state index contributed by atoms with van der Waals surface area (Å²) in [7, 11) is 0. The highest BCUT2D eigenvalue weighted by Gasteiger charge is 2.29. The number of carbonyl (C=O) groups excluding carboxylic acids is 1. The fourth-order valence-electron chi connectivity index (χ4n) is 2.88. The SMILES string of the molecule is O=C(Nc1nncs1)N1CCC[C@@H](c2nc(-c3ccc(F)cc3)no2)C1. The van der Waals surface area contributed by atoms with Crippen LogP contribution in [0.3, 0.4) is 0 Å². The molecule has 1 aliphatic heterocycles. The Balaban J connectivity index is 1.44. The van der Waals surface area contributed by atoms with Crippen molar-refractivity contribution in [2.45, 2.75) is 18.8 Å². The molecular weight excluding hydrogens is 359 g/mol. The summed E-state index contributed by atoms with van der Waals surface area (Å²) < 4.78 is 18.4. The second-order valence-corrected chi connectivity index (χ2v) is 6.76. The average Bonchev–Trinajstić information content (AvgIpc) is 3.34. The molecule has 0 spiro atoms. The average molecular weight is 374 g/mol. The first kappa shape index (κ1) is 16.6. The fraction of sp³-hybridized carbons (Fsp3) is 0.312. The van der Waals surface area contributed by atoms with Crippen LogP contribution in [0.25, 0.3) is 11.4 Å². The molecule has 8 nitrogen and oxygen atoms in total. The summed E-state index contributed by atoms with van der Waals surface area (Å²) in [5, 5.41) is 14.7. The van der Waals surface area contributed by atoms with Crippen LogP contribution in [0, 0.1) is 5.82 Å². The number of aromatic nitrogens is 4. The number of likely N-dealkylation sites (tertiary alicyclic amines) is 1.